The number of nitrogens with zero attached hydrogens (tertiary/aromatic N) is 4. The number of nitrogens with one attached hydrogen (secondary N) is 2. The maximum absolute atomic E-state index is 14.7. The Balaban J connectivity index is 0.00000272. The van der Waals surface area contributed by atoms with Crippen molar-refractivity contribution in [1.82, 2.24) is 25.5 Å². The molecule has 162 valence electrons. The van der Waals surface area contributed by atoms with Gasteiger partial charge in [0, 0.05) is 38.7 Å². The lowest BCUT2D eigenvalue weighted by atomic mass is 9.80. The zero-order chi connectivity index (χ0) is 21.7. The summed E-state index contributed by atoms with van der Waals surface area (Å²) in [5.74, 6) is -1.65. The molecule has 3 aromatic rings. The van der Waals surface area contributed by atoms with Crippen LogP contribution in [0, 0.1) is 11.6 Å². The van der Waals surface area contributed by atoms with Crippen LogP contribution in [-0.4, -0.2) is 67.3 Å². The first kappa shape index (κ1) is 20.6. The molecule has 4 rings (SSSR count). The maximum atomic E-state index is 14.7. The summed E-state index contributed by atoms with van der Waals surface area (Å²) in [5.41, 5.74) is -2.23. The molecule has 0 aliphatic carbocycles. The first-order valence-corrected chi connectivity index (χ1v) is 9.68. The molecule has 2 atom stereocenters. The van der Waals surface area contributed by atoms with Gasteiger partial charge in [-0.1, -0.05) is 0 Å². The fourth-order valence-electron chi connectivity index (χ4n) is 3.63. The Kier molecular flexibility index (Phi) is 4.95. The number of aromatic nitrogens is 4. The van der Waals surface area contributed by atoms with E-state index in [1.807, 2.05) is 0 Å². The van der Waals surface area contributed by atoms with Crippen molar-refractivity contribution in [2.75, 3.05) is 24.5 Å². The number of hydrogen-bond donors (Lipinski definition) is 4. The summed E-state index contributed by atoms with van der Waals surface area (Å²) in [6.45, 7) is 5.56. The van der Waals surface area contributed by atoms with E-state index in [0.29, 0.717) is 29.8 Å². The van der Waals surface area contributed by atoms with Gasteiger partial charge in [-0.2, -0.15) is 5.10 Å². The highest BCUT2D eigenvalue weighted by Gasteiger charge is 2.46. The molecule has 0 saturated carbocycles. The number of H-pyrrole nitrogens is 1. The Bertz CT molecular complexity index is 1090. The molecular weight excluding hydrogens is 394 g/mol. The number of rotatable bonds is 4. The summed E-state index contributed by atoms with van der Waals surface area (Å²) >= 11 is 0. The number of anilines is 1. The predicted octanol–water partition coefficient (Wildman–Crippen LogP) is 1.84. The second kappa shape index (κ2) is 7.22. The molecule has 0 radical (unpaired) electrons. The zero-order valence-corrected chi connectivity index (χ0v) is 16.9. The zero-order valence-electron chi connectivity index (χ0n) is 16.9. The molecule has 0 spiro atoms. The van der Waals surface area contributed by atoms with E-state index in [1.54, 1.807) is 23.2 Å². The van der Waals surface area contributed by atoms with E-state index in [-0.39, 0.29) is 19.5 Å². The van der Waals surface area contributed by atoms with E-state index in [2.05, 4.69) is 25.5 Å². The molecule has 10 heteroatoms. The molecule has 0 amide bonds. The highest BCUT2D eigenvalue weighted by Crippen LogP contribution is 2.32. The van der Waals surface area contributed by atoms with E-state index in [4.69, 9.17) is 0 Å². The molecule has 0 aromatic carbocycles. The number of pyridine rings is 2. The molecular formula is C20H26F2N6O2. The first-order chi connectivity index (χ1) is 14.1. The van der Waals surface area contributed by atoms with Crippen LogP contribution in [0.4, 0.5) is 14.6 Å². The van der Waals surface area contributed by atoms with Crippen LogP contribution >= 0.6 is 0 Å². The van der Waals surface area contributed by atoms with Crippen molar-refractivity contribution < 1.29 is 20.4 Å². The second-order valence-corrected chi connectivity index (χ2v) is 8.26. The lowest BCUT2D eigenvalue weighted by Crippen LogP contribution is -2.67. The summed E-state index contributed by atoms with van der Waals surface area (Å²) < 4.78 is 29.3. The number of piperazine rings is 1. The summed E-state index contributed by atoms with van der Waals surface area (Å²) in [4.78, 5) is 10.0. The Morgan fingerprint density at radius 2 is 2.00 bits per heavy atom. The number of aliphatic hydroxyl groups is 2. The second-order valence-electron chi connectivity index (χ2n) is 8.26. The van der Waals surface area contributed by atoms with Gasteiger partial charge in [0.2, 0.25) is 0 Å². The lowest BCUT2D eigenvalue weighted by Gasteiger charge is -2.46. The van der Waals surface area contributed by atoms with Crippen LogP contribution in [0.2, 0.25) is 0 Å². The van der Waals surface area contributed by atoms with Crippen LogP contribution < -0.4 is 10.2 Å². The van der Waals surface area contributed by atoms with Gasteiger partial charge in [0.05, 0.1) is 17.3 Å². The van der Waals surface area contributed by atoms with Crippen molar-refractivity contribution in [1.29, 1.82) is 0 Å². The van der Waals surface area contributed by atoms with Gasteiger partial charge in [0.15, 0.2) is 23.1 Å². The topological polar surface area (TPSA) is 110 Å². The molecule has 1 aliphatic rings. The lowest BCUT2D eigenvalue weighted by molar-refractivity contribution is -0.138. The summed E-state index contributed by atoms with van der Waals surface area (Å²) in [5, 5.41) is 31.7. The van der Waals surface area contributed by atoms with E-state index in [1.165, 1.54) is 20.8 Å². The van der Waals surface area contributed by atoms with Gasteiger partial charge in [0.1, 0.15) is 11.3 Å². The van der Waals surface area contributed by atoms with Gasteiger partial charge in [-0.05, 0) is 32.9 Å². The fourth-order valence-corrected chi connectivity index (χ4v) is 3.63. The van der Waals surface area contributed by atoms with E-state index >= 15 is 0 Å². The van der Waals surface area contributed by atoms with Gasteiger partial charge < -0.3 is 20.4 Å². The molecule has 1 aliphatic heterocycles. The largest absolute Gasteiger partial charge is 0.387 e. The Morgan fingerprint density at radius 1 is 1.23 bits per heavy atom. The molecule has 0 bridgehead atoms. The molecule has 4 N–H and O–H groups in total. The number of aromatic amines is 1. The van der Waals surface area contributed by atoms with Crippen molar-refractivity contribution in [3.63, 3.8) is 0 Å². The minimum atomic E-state index is -1.49. The molecule has 8 nitrogen and oxygen atoms in total. The average molecular weight is 420 g/mol. The standard InChI is InChI=1S/C20H24F2N6O2.H2/c1-19(2,29)20(3,30)14-10-28(8-7-23-14)18-13(22)9-12(21)16(25-18)15-11-5-4-6-24-17(11)27-26-15;/h4-6,9,14,23,29-30H,7-8,10H2,1-3H3,(H,24,26,27);1H/t14-,20-;/m0./s1. The quantitative estimate of drug-likeness (QED) is 0.510. The summed E-state index contributed by atoms with van der Waals surface area (Å²) in [6.07, 6.45) is 1.57. The number of hydrogen-bond acceptors (Lipinski definition) is 7. The average Bonchev–Trinajstić information content (AvgIpc) is 3.11. The molecule has 1 fully saturated rings. The third-order valence-corrected chi connectivity index (χ3v) is 5.87. The fraction of sp³-hybridized carbons (Fsp3) is 0.450. The predicted molar refractivity (Wildman–Crippen MR) is 110 cm³/mol. The van der Waals surface area contributed by atoms with Crippen molar-refractivity contribution in [2.24, 2.45) is 0 Å². The Hall–Kier alpha value is -2.69. The third kappa shape index (κ3) is 3.40. The van der Waals surface area contributed by atoms with Crippen molar-refractivity contribution in [3.05, 3.63) is 36.0 Å². The number of halogens is 2. The first-order valence-electron chi connectivity index (χ1n) is 9.68. The van der Waals surface area contributed by atoms with Crippen LogP contribution in [0.1, 0.15) is 22.2 Å². The van der Waals surface area contributed by atoms with Gasteiger partial charge in [0.25, 0.3) is 0 Å². The van der Waals surface area contributed by atoms with Crippen LogP contribution in [0.5, 0.6) is 0 Å². The molecule has 30 heavy (non-hydrogen) atoms. The van der Waals surface area contributed by atoms with Crippen LogP contribution in [0.3, 0.4) is 0 Å². The molecule has 3 aromatic heterocycles. The molecule has 4 heterocycles. The highest BCUT2D eigenvalue weighted by atomic mass is 19.1. The van der Waals surface area contributed by atoms with Gasteiger partial charge in [-0.15, -0.1) is 0 Å². The van der Waals surface area contributed by atoms with E-state index < -0.39 is 28.9 Å². The maximum Gasteiger partial charge on any atom is 0.181 e. The number of fused-ring (bicyclic) bond motifs is 1. The van der Waals surface area contributed by atoms with Gasteiger partial charge >= 0.3 is 0 Å². The summed E-state index contributed by atoms with van der Waals surface area (Å²) in [6, 6.07) is 3.67. The van der Waals surface area contributed by atoms with Crippen molar-refractivity contribution >= 4 is 16.9 Å². The van der Waals surface area contributed by atoms with Crippen LogP contribution in [0.15, 0.2) is 24.4 Å². The van der Waals surface area contributed by atoms with Gasteiger partial charge in [-0.25, -0.2) is 18.7 Å². The smallest absolute Gasteiger partial charge is 0.181 e. The highest BCUT2D eigenvalue weighted by molar-refractivity contribution is 5.89. The molecule has 0 unspecified atom stereocenters. The van der Waals surface area contributed by atoms with Crippen LogP contribution in [0.25, 0.3) is 22.4 Å². The Morgan fingerprint density at radius 3 is 2.73 bits per heavy atom. The minimum Gasteiger partial charge on any atom is -0.387 e. The van der Waals surface area contributed by atoms with Crippen molar-refractivity contribution in [2.45, 2.75) is 38.0 Å². The monoisotopic (exact) mass is 420 g/mol. The molecule has 1 saturated heterocycles. The normalized spacial score (nSPS) is 19.8. The van der Waals surface area contributed by atoms with Gasteiger partial charge in [-0.3, -0.25) is 5.10 Å². The van der Waals surface area contributed by atoms with E-state index in [0.717, 1.165) is 6.07 Å². The SMILES string of the molecule is CC(C)(O)[C@@](C)(O)[C@@H]1CN(c2nc(-c3[nH]nc4ncccc34)c(F)cc2F)CCN1.[HH]. The van der Waals surface area contributed by atoms with Crippen molar-refractivity contribution in [3.8, 4) is 11.4 Å². The Labute approximate surface area is 173 Å². The van der Waals surface area contributed by atoms with E-state index in [9.17, 15) is 19.0 Å². The third-order valence-electron chi connectivity index (χ3n) is 5.87. The van der Waals surface area contributed by atoms with Crippen LogP contribution in [-0.2, 0) is 0 Å². The summed E-state index contributed by atoms with van der Waals surface area (Å²) in [7, 11) is 0. The minimum absolute atomic E-state index is 0.